The van der Waals surface area contributed by atoms with Gasteiger partial charge in [0, 0.05) is 18.0 Å². The van der Waals surface area contributed by atoms with Crippen LogP contribution in [0.1, 0.15) is 75.3 Å². The molecule has 1 aliphatic heterocycles. The van der Waals surface area contributed by atoms with E-state index in [-0.39, 0.29) is 0 Å². The van der Waals surface area contributed by atoms with Crippen molar-refractivity contribution in [1.29, 1.82) is 0 Å². The van der Waals surface area contributed by atoms with Crippen LogP contribution in [0.3, 0.4) is 0 Å². The van der Waals surface area contributed by atoms with Crippen LogP contribution >= 0.6 is 0 Å². The van der Waals surface area contributed by atoms with Gasteiger partial charge in [0.1, 0.15) is 5.75 Å². The third-order valence-electron chi connectivity index (χ3n) is 8.04. The number of fused-ring (bicyclic) bond motifs is 1. The summed E-state index contributed by atoms with van der Waals surface area (Å²) in [6, 6.07) is 6.97. The topological polar surface area (TPSA) is 23.5 Å². The predicted octanol–water partition coefficient (Wildman–Crippen LogP) is 5.34. The molecule has 3 aliphatic carbocycles. The van der Waals surface area contributed by atoms with Gasteiger partial charge in [0.25, 0.3) is 0 Å². The van der Waals surface area contributed by atoms with Gasteiger partial charge >= 0.3 is 0 Å². The van der Waals surface area contributed by atoms with E-state index in [2.05, 4.69) is 23.1 Å². The van der Waals surface area contributed by atoms with Gasteiger partial charge in [0.15, 0.2) is 0 Å². The molecule has 0 unspecified atom stereocenters. The van der Waals surface area contributed by atoms with Crippen molar-refractivity contribution in [2.45, 2.75) is 82.1 Å². The molecule has 1 heterocycles. The lowest BCUT2D eigenvalue weighted by atomic mass is 9.52. The Bertz CT molecular complexity index is 708. The number of hydrogen-bond donors (Lipinski definition) is 1. The molecule has 0 amide bonds. The lowest BCUT2D eigenvalue weighted by molar-refractivity contribution is -0.0108. The van der Waals surface area contributed by atoms with Crippen molar-refractivity contribution < 1.29 is 5.11 Å². The largest absolute Gasteiger partial charge is 0.508 e. The van der Waals surface area contributed by atoms with Crippen LogP contribution in [0.25, 0.3) is 0 Å². The van der Waals surface area contributed by atoms with Gasteiger partial charge in [-0.2, -0.15) is 0 Å². The molecule has 1 N–H and O–H groups in total. The average molecular weight is 352 g/mol. The second-order valence-corrected chi connectivity index (χ2v) is 9.27. The summed E-state index contributed by atoms with van der Waals surface area (Å²) in [5, 5.41) is 10.1. The van der Waals surface area contributed by atoms with Gasteiger partial charge < -0.3 is 5.11 Å². The van der Waals surface area contributed by atoms with Crippen LogP contribution in [-0.4, -0.2) is 29.1 Å². The van der Waals surface area contributed by atoms with E-state index in [1.807, 2.05) is 6.07 Å². The first kappa shape index (κ1) is 16.9. The third-order valence-corrected chi connectivity index (χ3v) is 8.04. The summed E-state index contributed by atoms with van der Waals surface area (Å²) in [7, 11) is 0. The van der Waals surface area contributed by atoms with E-state index in [1.165, 1.54) is 94.8 Å². The summed E-state index contributed by atoms with van der Waals surface area (Å²) < 4.78 is 0. The van der Waals surface area contributed by atoms with Crippen LogP contribution in [0, 0.1) is 5.92 Å². The molecule has 0 spiro atoms. The molecule has 4 aliphatic rings. The number of hydrogen-bond acceptors (Lipinski definition) is 2. The van der Waals surface area contributed by atoms with Crippen LogP contribution in [0.15, 0.2) is 29.8 Å². The number of rotatable bonds is 3. The highest BCUT2D eigenvalue weighted by atomic mass is 16.3. The van der Waals surface area contributed by atoms with E-state index in [4.69, 9.17) is 0 Å². The van der Waals surface area contributed by atoms with E-state index in [0.717, 1.165) is 12.0 Å². The smallest absolute Gasteiger partial charge is 0.115 e. The Morgan fingerprint density at radius 1 is 1.12 bits per heavy atom. The molecule has 26 heavy (non-hydrogen) atoms. The number of benzene rings is 1. The molecular formula is C24H33NO. The number of allylic oxidation sites excluding steroid dienone is 1. The molecular weight excluding hydrogens is 318 g/mol. The lowest BCUT2D eigenvalue weighted by Crippen LogP contribution is -2.61. The molecule has 2 bridgehead atoms. The summed E-state index contributed by atoms with van der Waals surface area (Å²) in [6.45, 7) is 2.51. The number of phenols is 1. The highest BCUT2D eigenvalue weighted by Crippen LogP contribution is 2.56. The second-order valence-electron chi connectivity index (χ2n) is 9.27. The number of likely N-dealkylation sites (tertiary alicyclic amines) is 1. The normalized spacial score (nSPS) is 33.9. The quantitative estimate of drug-likeness (QED) is 0.743. The molecule has 1 aromatic carbocycles. The molecule has 0 radical (unpaired) electrons. The fraction of sp³-hybridized carbons (Fsp3) is 0.667. The minimum Gasteiger partial charge on any atom is -0.508 e. The predicted molar refractivity (Wildman–Crippen MR) is 107 cm³/mol. The van der Waals surface area contributed by atoms with Gasteiger partial charge in [0.2, 0.25) is 0 Å². The molecule has 1 saturated carbocycles. The summed E-state index contributed by atoms with van der Waals surface area (Å²) >= 11 is 0. The van der Waals surface area contributed by atoms with Crippen molar-refractivity contribution in [2.75, 3.05) is 13.1 Å². The average Bonchev–Trinajstić information content (AvgIpc) is 2.69. The Hall–Kier alpha value is -1.28. The minimum atomic E-state index is 0.357. The molecule has 2 fully saturated rings. The molecule has 0 aromatic heterocycles. The minimum absolute atomic E-state index is 0.357. The first-order valence-electron chi connectivity index (χ1n) is 11.0. The number of nitrogens with zero attached hydrogens (tertiary/aromatic N) is 1. The zero-order chi connectivity index (χ0) is 17.6. The van der Waals surface area contributed by atoms with Gasteiger partial charge in [-0.25, -0.2) is 0 Å². The molecule has 1 aromatic rings. The summed E-state index contributed by atoms with van der Waals surface area (Å²) in [5.74, 6) is 1.27. The maximum absolute atomic E-state index is 10.1. The number of aromatic hydroxyl groups is 1. The molecule has 2 nitrogen and oxygen atoms in total. The zero-order valence-corrected chi connectivity index (χ0v) is 16.1. The fourth-order valence-corrected chi connectivity index (χ4v) is 6.77. The Morgan fingerprint density at radius 3 is 2.96 bits per heavy atom. The standard InChI is InChI=1S/C24H33NO/c26-20-10-9-19-16-23-21-8-4-5-12-24(21,22(19)17-20)13-15-25(23)14-11-18-6-2-1-3-7-18/h6,9-10,17,21,23,26H,1-5,7-8,11-16H2/t21-,23+,24+/m0/s1. The Morgan fingerprint density at radius 2 is 2.08 bits per heavy atom. The maximum atomic E-state index is 10.1. The molecule has 5 rings (SSSR count). The van der Waals surface area contributed by atoms with Crippen LogP contribution in [0.4, 0.5) is 0 Å². The second kappa shape index (κ2) is 6.71. The lowest BCUT2D eigenvalue weighted by Gasteiger charge is -2.59. The van der Waals surface area contributed by atoms with Crippen molar-refractivity contribution in [2.24, 2.45) is 5.92 Å². The van der Waals surface area contributed by atoms with Crippen molar-refractivity contribution >= 4 is 0 Å². The maximum Gasteiger partial charge on any atom is 0.115 e. The third kappa shape index (κ3) is 2.72. The van der Waals surface area contributed by atoms with Gasteiger partial charge in [-0.05, 0) is 93.5 Å². The Labute approximate surface area is 158 Å². The molecule has 1 saturated heterocycles. The Balaban J connectivity index is 1.42. The summed E-state index contributed by atoms with van der Waals surface area (Å²) in [5.41, 5.74) is 5.11. The molecule has 2 heteroatoms. The Kier molecular flexibility index (Phi) is 4.35. The van der Waals surface area contributed by atoms with Crippen molar-refractivity contribution in [3.05, 3.63) is 41.0 Å². The SMILES string of the molecule is Oc1ccc2c(c1)[C@@]13CCCC[C@H]1[C@@H](C2)N(CCC1=CCCCC1)CC3. The van der Waals surface area contributed by atoms with E-state index < -0.39 is 0 Å². The van der Waals surface area contributed by atoms with Crippen molar-refractivity contribution in [3.8, 4) is 5.75 Å². The summed E-state index contributed by atoms with van der Waals surface area (Å²) in [4.78, 5) is 2.85. The monoisotopic (exact) mass is 351 g/mol. The van der Waals surface area contributed by atoms with Gasteiger partial charge in [-0.3, -0.25) is 4.90 Å². The molecule has 3 atom stereocenters. The van der Waals surface area contributed by atoms with Crippen LogP contribution in [-0.2, 0) is 11.8 Å². The number of phenolic OH excluding ortho intramolecular Hbond substituents is 1. The highest BCUT2D eigenvalue weighted by Gasteiger charge is 2.53. The van der Waals surface area contributed by atoms with E-state index in [1.54, 1.807) is 5.57 Å². The van der Waals surface area contributed by atoms with Gasteiger partial charge in [-0.15, -0.1) is 0 Å². The first-order valence-corrected chi connectivity index (χ1v) is 11.0. The summed E-state index contributed by atoms with van der Waals surface area (Å²) in [6.07, 6.45) is 17.2. The first-order chi connectivity index (χ1) is 12.8. The van der Waals surface area contributed by atoms with Crippen LogP contribution in [0.5, 0.6) is 5.75 Å². The number of piperidine rings is 1. The van der Waals surface area contributed by atoms with Crippen molar-refractivity contribution in [1.82, 2.24) is 4.90 Å². The zero-order valence-electron chi connectivity index (χ0n) is 16.1. The fourth-order valence-electron chi connectivity index (χ4n) is 6.77. The van der Waals surface area contributed by atoms with Crippen LogP contribution in [0.2, 0.25) is 0 Å². The van der Waals surface area contributed by atoms with Crippen molar-refractivity contribution in [3.63, 3.8) is 0 Å². The van der Waals surface area contributed by atoms with E-state index in [9.17, 15) is 5.11 Å². The van der Waals surface area contributed by atoms with E-state index in [0.29, 0.717) is 11.2 Å². The van der Waals surface area contributed by atoms with E-state index >= 15 is 0 Å². The highest BCUT2D eigenvalue weighted by molar-refractivity contribution is 5.45. The molecule has 140 valence electrons. The van der Waals surface area contributed by atoms with Gasteiger partial charge in [0.05, 0.1) is 0 Å². The van der Waals surface area contributed by atoms with Gasteiger partial charge in [-0.1, -0.05) is 30.6 Å². The van der Waals surface area contributed by atoms with Crippen LogP contribution < -0.4 is 0 Å².